The fourth-order valence-electron chi connectivity index (χ4n) is 3.58. The number of amides is 1. The van der Waals surface area contributed by atoms with Crippen molar-refractivity contribution in [3.63, 3.8) is 0 Å². The molecule has 164 valence electrons. The van der Waals surface area contributed by atoms with Gasteiger partial charge in [-0.2, -0.15) is 0 Å². The van der Waals surface area contributed by atoms with Crippen LogP contribution in [-0.4, -0.2) is 28.6 Å². The molecule has 4 rings (SSSR count). The van der Waals surface area contributed by atoms with Crippen LogP contribution in [-0.2, 0) is 9.59 Å². The van der Waals surface area contributed by atoms with Gasteiger partial charge in [0.25, 0.3) is 5.78 Å². The molecule has 3 aromatic rings. The molecule has 32 heavy (non-hydrogen) atoms. The fraction of sp³-hybridized carbons (Fsp3) is 0.208. The lowest BCUT2D eigenvalue weighted by atomic mass is 9.95. The minimum absolute atomic E-state index is 0.0137. The number of aryl methyl sites for hydroxylation is 1. The van der Waals surface area contributed by atoms with Crippen LogP contribution < -0.4 is 9.64 Å². The largest absolute Gasteiger partial charge is 0.507 e. The highest BCUT2D eigenvalue weighted by atomic mass is 79.9. The molecule has 0 spiro atoms. The molecule has 1 aliphatic heterocycles. The molecule has 1 N–H and O–H groups in total. The number of carbonyl (C=O) groups is 2. The first-order chi connectivity index (χ1) is 15.4. The molecular formula is C24H21BrN2O5. The Kier molecular flexibility index (Phi) is 6.14. The highest BCUT2D eigenvalue weighted by Crippen LogP contribution is 2.42. The molecule has 0 bridgehead atoms. The Bertz CT molecular complexity index is 1180. The standard InChI is InChI=1S/C24H21BrN2O5/c1-3-12-31-18-10-6-15(7-11-18)21-20(22(28)16-4-8-17(25)9-5-16)23(29)24(30)27(21)19-13-14(2)32-26-19/h4-11,13,21,28H,3,12H2,1-2H3. The van der Waals surface area contributed by atoms with E-state index in [0.29, 0.717) is 29.2 Å². The van der Waals surface area contributed by atoms with E-state index in [4.69, 9.17) is 9.26 Å². The zero-order chi connectivity index (χ0) is 22.8. The number of aliphatic hydroxyl groups is 1. The maximum Gasteiger partial charge on any atom is 0.301 e. The number of ketones is 1. The highest BCUT2D eigenvalue weighted by Gasteiger charge is 2.48. The van der Waals surface area contributed by atoms with E-state index in [1.54, 1.807) is 61.5 Å². The number of aromatic nitrogens is 1. The summed E-state index contributed by atoms with van der Waals surface area (Å²) in [4.78, 5) is 27.3. The lowest BCUT2D eigenvalue weighted by Gasteiger charge is -2.23. The molecular weight excluding hydrogens is 476 g/mol. The molecule has 1 fully saturated rings. The van der Waals surface area contributed by atoms with Gasteiger partial charge < -0.3 is 14.4 Å². The molecule has 0 saturated carbocycles. The van der Waals surface area contributed by atoms with Crippen molar-refractivity contribution in [1.82, 2.24) is 5.16 Å². The Morgan fingerprint density at radius 1 is 1.16 bits per heavy atom. The van der Waals surface area contributed by atoms with Crippen molar-refractivity contribution in [2.75, 3.05) is 11.5 Å². The summed E-state index contributed by atoms with van der Waals surface area (Å²) in [6, 6.07) is 14.7. The second-order valence-electron chi connectivity index (χ2n) is 7.39. The molecule has 2 aromatic carbocycles. The molecule has 1 saturated heterocycles. The predicted octanol–water partition coefficient (Wildman–Crippen LogP) is 5.16. The molecule has 7 nitrogen and oxygen atoms in total. The molecule has 1 unspecified atom stereocenters. The van der Waals surface area contributed by atoms with E-state index in [9.17, 15) is 14.7 Å². The summed E-state index contributed by atoms with van der Waals surface area (Å²) in [5.74, 6) is -0.448. The summed E-state index contributed by atoms with van der Waals surface area (Å²) in [6.07, 6.45) is 0.876. The summed E-state index contributed by atoms with van der Waals surface area (Å²) in [5, 5.41) is 15.0. The van der Waals surface area contributed by atoms with Gasteiger partial charge in [-0.05, 0) is 43.2 Å². The third kappa shape index (κ3) is 4.05. The van der Waals surface area contributed by atoms with Crippen LogP contribution in [0.5, 0.6) is 5.75 Å². The van der Waals surface area contributed by atoms with Crippen molar-refractivity contribution >= 4 is 39.2 Å². The zero-order valence-corrected chi connectivity index (χ0v) is 19.1. The van der Waals surface area contributed by atoms with Crippen molar-refractivity contribution in [3.05, 3.63) is 81.5 Å². The predicted molar refractivity (Wildman–Crippen MR) is 122 cm³/mol. The number of Topliss-reactive ketones (excluding diaryl/α,β-unsaturated/α-hetero) is 1. The fourth-order valence-corrected chi connectivity index (χ4v) is 3.84. The van der Waals surface area contributed by atoms with Crippen molar-refractivity contribution in [2.24, 2.45) is 0 Å². The van der Waals surface area contributed by atoms with Crippen LogP contribution in [0, 0.1) is 6.92 Å². The van der Waals surface area contributed by atoms with Gasteiger partial charge in [-0.1, -0.05) is 52.3 Å². The molecule has 2 heterocycles. The Morgan fingerprint density at radius 2 is 1.84 bits per heavy atom. The lowest BCUT2D eigenvalue weighted by Crippen LogP contribution is -2.29. The third-order valence-corrected chi connectivity index (χ3v) is 5.62. The number of carbonyl (C=O) groups excluding carboxylic acids is 2. The van der Waals surface area contributed by atoms with E-state index < -0.39 is 17.7 Å². The van der Waals surface area contributed by atoms with Gasteiger partial charge in [0.1, 0.15) is 17.3 Å². The molecule has 1 aromatic heterocycles. The van der Waals surface area contributed by atoms with Crippen LogP contribution in [0.2, 0.25) is 0 Å². The van der Waals surface area contributed by atoms with Crippen molar-refractivity contribution in [3.8, 4) is 5.75 Å². The maximum absolute atomic E-state index is 13.1. The van der Waals surface area contributed by atoms with Crippen molar-refractivity contribution in [2.45, 2.75) is 26.3 Å². The quantitative estimate of drug-likeness (QED) is 0.287. The topological polar surface area (TPSA) is 92.9 Å². The first kappa shape index (κ1) is 21.8. The van der Waals surface area contributed by atoms with E-state index in [0.717, 1.165) is 10.9 Å². The van der Waals surface area contributed by atoms with E-state index in [-0.39, 0.29) is 17.2 Å². The normalized spacial score (nSPS) is 17.7. The molecule has 0 aliphatic carbocycles. The second-order valence-corrected chi connectivity index (χ2v) is 8.30. The number of anilines is 1. The van der Waals surface area contributed by atoms with Gasteiger partial charge in [-0.15, -0.1) is 0 Å². The minimum atomic E-state index is -0.872. The monoisotopic (exact) mass is 496 g/mol. The van der Waals surface area contributed by atoms with Gasteiger partial charge >= 0.3 is 5.91 Å². The summed E-state index contributed by atoms with van der Waals surface area (Å²) in [6.45, 7) is 4.30. The van der Waals surface area contributed by atoms with Gasteiger partial charge in [0.2, 0.25) is 0 Å². The van der Waals surface area contributed by atoms with Gasteiger partial charge in [-0.25, -0.2) is 0 Å². The second kappa shape index (κ2) is 9.00. The zero-order valence-electron chi connectivity index (χ0n) is 17.5. The van der Waals surface area contributed by atoms with E-state index >= 15 is 0 Å². The smallest absolute Gasteiger partial charge is 0.301 e. The Balaban J connectivity index is 1.85. The van der Waals surface area contributed by atoms with Gasteiger partial charge in [-0.3, -0.25) is 14.5 Å². The van der Waals surface area contributed by atoms with Crippen molar-refractivity contribution in [1.29, 1.82) is 0 Å². The van der Waals surface area contributed by atoms with Crippen LogP contribution in [0.1, 0.15) is 36.3 Å². The van der Waals surface area contributed by atoms with Crippen LogP contribution in [0.3, 0.4) is 0 Å². The summed E-state index contributed by atoms with van der Waals surface area (Å²) >= 11 is 3.36. The number of hydrogen-bond acceptors (Lipinski definition) is 6. The number of halogens is 1. The van der Waals surface area contributed by atoms with Crippen LogP contribution in [0.4, 0.5) is 5.82 Å². The number of benzene rings is 2. The van der Waals surface area contributed by atoms with Gasteiger partial charge in [0.05, 0.1) is 18.2 Å². The average Bonchev–Trinajstić information content (AvgIpc) is 3.33. The Morgan fingerprint density at radius 3 is 2.44 bits per heavy atom. The summed E-state index contributed by atoms with van der Waals surface area (Å²) in [5.41, 5.74) is 1.04. The minimum Gasteiger partial charge on any atom is -0.507 e. The third-order valence-electron chi connectivity index (χ3n) is 5.09. The number of aliphatic hydroxyl groups excluding tert-OH is 1. The first-order valence-corrected chi connectivity index (χ1v) is 10.9. The molecule has 8 heteroatoms. The van der Waals surface area contributed by atoms with E-state index in [1.165, 1.54) is 4.90 Å². The number of rotatable bonds is 6. The van der Waals surface area contributed by atoms with E-state index in [1.807, 2.05) is 6.92 Å². The Hall–Kier alpha value is -3.39. The highest BCUT2D eigenvalue weighted by molar-refractivity contribution is 9.10. The van der Waals surface area contributed by atoms with Crippen LogP contribution >= 0.6 is 15.9 Å². The van der Waals surface area contributed by atoms with Crippen LogP contribution in [0.25, 0.3) is 5.76 Å². The van der Waals surface area contributed by atoms with Crippen LogP contribution in [0.15, 0.2) is 69.2 Å². The van der Waals surface area contributed by atoms with Gasteiger partial charge in [0.15, 0.2) is 5.82 Å². The maximum atomic E-state index is 13.1. The summed E-state index contributed by atoms with van der Waals surface area (Å²) in [7, 11) is 0. The number of ether oxygens (including phenoxy) is 1. The summed E-state index contributed by atoms with van der Waals surface area (Å²) < 4.78 is 11.6. The van der Waals surface area contributed by atoms with E-state index in [2.05, 4.69) is 21.1 Å². The SMILES string of the molecule is CCCOc1ccc(C2C(=C(O)c3ccc(Br)cc3)C(=O)C(=O)N2c2cc(C)on2)cc1. The van der Waals surface area contributed by atoms with Gasteiger partial charge in [0, 0.05) is 16.1 Å². The molecule has 0 radical (unpaired) electrons. The molecule has 1 atom stereocenters. The molecule has 1 amide bonds. The molecule has 1 aliphatic rings. The first-order valence-electron chi connectivity index (χ1n) is 10.1. The van der Waals surface area contributed by atoms with Crippen molar-refractivity contribution < 1.29 is 24.0 Å². The average molecular weight is 497 g/mol. The number of hydrogen-bond donors (Lipinski definition) is 1. The number of nitrogens with zero attached hydrogens (tertiary/aromatic N) is 2. The Labute approximate surface area is 193 Å². The lowest BCUT2D eigenvalue weighted by molar-refractivity contribution is -0.132.